The number of fused-ring (bicyclic) bond motifs is 4. The zero-order valence-corrected chi connectivity index (χ0v) is 33.3. The van der Waals surface area contributed by atoms with Crippen molar-refractivity contribution in [2.75, 3.05) is 39.3 Å². The second-order valence-electron chi connectivity index (χ2n) is 12.9. The van der Waals surface area contributed by atoms with E-state index in [0.717, 1.165) is 49.0 Å². The molecule has 4 bridgehead atoms. The Morgan fingerprint density at radius 2 is 0.923 bits per heavy atom. The van der Waals surface area contributed by atoms with Gasteiger partial charge < -0.3 is 26.8 Å². The molecule has 0 atom stereocenters. The fourth-order valence-corrected chi connectivity index (χ4v) is 4.63. The monoisotopic (exact) mass is 789 g/mol. The van der Waals surface area contributed by atoms with Crippen LogP contribution in [0.25, 0.3) is 0 Å². The Kier molecular flexibility index (Phi) is 23.3. The summed E-state index contributed by atoms with van der Waals surface area (Å²) in [5.41, 5.74) is 16.0. The van der Waals surface area contributed by atoms with E-state index in [0.29, 0.717) is 61.0 Å². The molecular weight excluding hydrogens is 733 g/mol. The van der Waals surface area contributed by atoms with Crippen LogP contribution in [0.1, 0.15) is 107 Å². The van der Waals surface area contributed by atoms with Crippen molar-refractivity contribution in [3.8, 4) is 17.2 Å². The number of rotatable bonds is 4. The summed E-state index contributed by atoms with van der Waals surface area (Å²) < 4.78 is 0. The standard InChI is InChI=1S/C24H28N4O2.C12H14O3.C3H10N2.CH4.Y/c1-17-9-19-13-25-5-3-7-27-15-21-11-18(2)12-22(24(21)30)16-28-8-4-6-26-14-20(10-17)23(19)29;1-12(2,3)10-4-8(6-13)11(15)9(5-10)7-14;4-2-1-3-5;;/h9-16,29-30H,3-8H2,1-2H3;4-7,15H,1-3H3;1-5H2;1H4;. The summed E-state index contributed by atoms with van der Waals surface area (Å²) in [5, 5.41) is 30.5. The van der Waals surface area contributed by atoms with Gasteiger partial charge in [0, 0.05) is 106 Å². The number of aryl methyl sites for hydroxylation is 2. The van der Waals surface area contributed by atoms with E-state index in [1.54, 1.807) is 37.0 Å². The molecule has 0 amide bonds. The van der Waals surface area contributed by atoms with Crippen LogP contribution in [0, 0.1) is 13.8 Å². The van der Waals surface area contributed by atoms with Gasteiger partial charge in [-0.2, -0.15) is 0 Å². The third-order valence-electron chi connectivity index (χ3n) is 7.39. The molecule has 1 aliphatic rings. The van der Waals surface area contributed by atoms with Gasteiger partial charge in [-0.3, -0.25) is 29.6 Å². The number of phenols is 3. The Morgan fingerprint density at radius 3 is 1.15 bits per heavy atom. The van der Waals surface area contributed by atoms with Gasteiger partial charge >= 0.3 is 0 Å². The van der Waals surface area contributed by atoms with Crippen LogP contribution in [0.15, 0.2) is 56.4 Å². The van der Waals surface area contributed by atoms with E-state index in [-0.39, 0.29) is 73.9 Å². The topological polar surface area (TPSA) is 196 Å². The van der Waals surface area contributed by atoms with Crippen LogP contribution in [0.3, 0.4) is 0 Å². The molecule has 52 heavy (non-hydrogen) atoms. The predicted molar refractivity (Wildman–Crippen MR) is 212 cm³/mol. The van der Waals surface area contributed by atoms with Crippen molar-refractivity contribution < 1.29 is 57.6 Å². The Balaban J connectivity index is 0.000000992. The maximum Gasteiger partial charge on any atom is 0.153 e. The number of carbonyl (C=O) groups is 2. The molecule has 4 rings (SSSR count). The van der Waals surface area contributed by atoms with Gasteiger partial charge in [0.1, 0.15) is 17.2 Å². The first kappa shape index (κ1) is 48.1. The van der Waals surface area contributed by atoms with Crippen LogP contribution >= 0.6 is 0 Å². The largest absolute Gasteiger partial charge is 0.507 e. The minimum absolute atomic E-state index is 0. The van der Waals surface area contributed by atoms with Crippen molar-refractivity contribution in [1.82, 2.24) is 0 Å². The molecule has 3 aromatic rings. The molecule has 0 aromatic heterocycles. The summed E-state index contributed by atoms with van der Waals surface area (Å²) in [4.78, 5) is 39.1. The van der Waals surface area contributed by atoms with Gasteiger partial charge in [-0.15, -0.1) is 0 Å². The van der Waals surface area contributed by atoms with Crippen LogP contribution in [0.5, 0.6) is 17.2 Å². The first-order valence-corrected chi connectivity index (χ1v) is 16.7. The average molecular weight is 790 g/mol. The predicted octanol–water partition coefficient (Wildman–Crippen LogP) is 6.13. The van der Waals surface area contributed by atoms with E-state index < -0.39 is 0 Å². The zero-order chi connectivity index (χ0) is 37.1. The summed E-state index contributed by atoms with van der Waals surface area (Å²) in [6.07, 6.45) is 10.4. The molecule has 0 aliphatic carbocycles. The molecule has 0 saturated carbocycles. The number of nitrogens with zero attached hydrogens (tertiary/aromatic N) is 4. The normalized spacial score (nSPS) is 12.8. The average Bonchev–Trinajstić information content (AvgIpc) is 3.07. The van der Waals surface area contributed by atoms with Gasteiger partial charge in [-0.25, -0.2) is 0 Å². The van der Waals surface area contributed by atoms with Crippen molar-refractivity contribution in [1.29, 1.82) is 0 Å². The van der Waals surface area contributed by atoms with Crippen molar-refractivity contribution >= 4 is 37.4 Å². The van der Waals surface area contributed by atoms with Crippen molar-refractivity contribution in [3.63, 3.8) is 0 Å². The molecule has 11 nitrogen and oxygen atoms in total. The SMILES string of the molecule is C.CC(C)(C)c1cc(C=O)c(O)c(C=O)c1.Cc1cc2c(O)c(c1)C=NCCCN=Cc1cc(C)cc(c1O)C=NCCCN=C2.NCCCN.[Y]. The molecule has 12 heteroatoms. The molecule has 1 radical (unpaired) electrons. The summed E-state index contributed by atoms with van der Waals surface area (Å²) >= 11 is 0. The minimum atomic E-state index is -0.243. The van der Waals surface area contributed by atoms with Gasteiger partial charge in [0.05, 0.1) is 11.1 Å². The van der Waals surface area contributed by atoms with E-state index in [1.165, 1.54) is 0 Å². The van der Waals surface area contributed by atoms with Crippen LogP contribution < -0.4 is 11.5 Å². The molecule has 0 saturated heterocycles. The third kappa shape index (κ3) is 16.2. The number of aldehydes is 2. The third-order valence-corrected chi connectivity index (χ3v) is 7.39. The van der Waals surface area contributed by atoms with Gasteiger partial charge in [0.25, 0.3) is 0 Å². The fraction of sp³-hybridized carbons (Fsp3) is 0.400. The number of hydrogen-bond donors (Lipinski definition) is 5. The summed E-state index contributed by atoms with van der Waals surface area (Å²) in [6.45, 7) is 13.7. The van der Waals surface area contributed by atoms with E-state index in [2.05, 4.69) is 20.0 Å². The summed E-state index contributed by atoms with van der Waals surface area (Å²) in [7, 11) is 0. The van der Waals surface area contributed by atoms with Gasteiger partial charge in [0.2, 0.25) is 0 Å². The van der Waals surface area contributed by atoms with Crippen LogP contribution in [-0.2, 0) is 38.1 Å². The first-order valence-electron chi connectivity index (χ1n) is 16.7. The molecule has 3 aromatic carbocycles. The fourth-order valence-electron chi connectivity index (χ4n) is 4.63. The zero-order valence-electron chi connectivity index (χ0n) is 30.5. The van der Waals surface area contributed by atoms with Crippen molar-refractivity contribution in [2.45, 2.75) is 66.7 Å². The van der Waals surface area contributed by atoms with Crippen LogP contribution in [0.4, 0.5) is 0 Å². The Morgan fingerprint density at radius 1 is 0.615 bits per heavy atom. The second-order valence-corrected chi connectivity index (χ2v) is 12.9. The summed E-state index contributed by atoms with van der Waals surface area (Å²) in [5.74, 6) is 0.152. The van der Waals surface area contributed by atoms with E-state index in [4.69, 9.17) is 11.5 Å². The van der Waals surface area contributed by atoms with Crippen LogP contribution in [-0.4, -0.2) is 92.0 Å². The molecule has 0 fully saturated rings. The quantitative estimate of drug-likeness (QED) is 0.196. The number of benzene rings is 3. The maximum absolute atomic E-state index is 10.7. The minimum Gasteiger partial charge on any atom is -0.507 e. The van der Waals surface area contributed by atoms with Crippen molar-refractivity contribution in [2.24, 2.45) is 31.4 Å². The van der Waals surface area contributed by atoms with Gasteiger partial charge in [-0.05, 0) is 105 Å². The Hall–Kier alpha value is -3.90. The second kappa shape index (κ2) is 25.1. The van der Waals surface area contributed by atoms with E-state index >= 15 is 0 Å². The molecule has 7 N–H and O–H groups in total. The number of phenolic OH excluding ortho intramolecular Hbond substituents is 3. The molecule has 0 unspecified atom stereocenters. The Bertz CT molecular complexity index is 1510. The van der Waals surface area contributed by atoms with Crippen molar-refractivity contribution in [3.05, 3.63) is 86.5 Å². The molecular formula is C40H56N6O5Y. The number of hydrogen-bond acceptors (Lipinski definition) is 11. The Labute approximate surface area is 334 Å². The van der Waals surface area contributed by atoms with E-state index in [1.807, 2.05) is 58.9 Å². The van der Waals surface area contributed by atoms with Crippen LogP contribution in [0.2, 0.25) is 0 Å². The number of carbonyl (C=O) groups excluding carboxylic acids is 2. The summed E-state index contributed by atoms with van der Waals surface area (Å²) in [6, 6.07) is 10.9. The van der Waals surface area contributed by atoms with Gasteiger partial charge in [-0.1, -0.05) is 28.2 Å². The van der Waals surface area contributed by atoms with E-state index in [9.17, 15) is 24.9 Å². The smallest absolute Gasteiger partial charge is 0.153 e. The number of aromatic hydroxyl groups is 3. The number of nitrogens with two attached hydrogens (primary N) is 2. The molecule has 279 valence electrons. The maximum atomic E-state index is 10.7. The number of aliphatic imine (C=N–C) groups is 4. The molecule has 1 aliphatic heterocycles. The molecule has 1 heterocycles. The first-order chi connectivity index (χ1) is 23.9. The van der Waals surface area contributed by atoms with Gasteiger partial charge in [0.15, 0.2) is 12.6 Å². The molecule has 0 spiro atoms.